The lowest BCUT2D eigenvalue weighted by Gasteiger charge is -2.12. The number of nitrogens with one attached hydrogen (secondary N) is 1. The Kier molecular flexibility index (Phi) is 4.61. The van der Waals surface area contributed by atoms with Crippen molar-refractivity contribution >= 4 is 11.9 Å². The molecule has 1 fully saturated rings. The molecule has 1 aromatic rings. The number of carbonyl (C=O) groups is 2. The molecule has 1 aliphatic carbocycles. The maximum absolute atomic E-state index is 12.0. The molecule has 0 radical (unpaired) electrons. The molecular weight excluding hydrogens is 258 g/mol. The molecule has 0 heterocycles. The van der Waals surface area contributed by atoms with E-state index in [0.717, 1.165) is 12.2 Å². The number of carbonyl (C=O) groups excluding carboxylic acids is 1. The van der Waals surface area contributed by atoms with Crippen LogP contribution < -0.4 is 10.1 Å². The lowest BCUT2D eigenvalue weighted by atomic mass is 10.1. The van der Waals surface area contributed by atoms with E-state index in [-0.39, 0.29) is 17.9 Å². The van der Waals surface area contributed by atoms with E-state index in [4.69, 9.17) is 9.84 Å². The van der Waals surface area contributed by atoms with Gasteiger partial charge in [-0.3, -0.25) is 9.59 Å². The first kappa shape index (κ1) is 14.4. The molecule has 2 N–H and O–H groups in total. The minimum absolute atomic E-state index is 0.0461. The minimum Gasteiger partial charge on any atom is -0.494 e. The van der Waals surface area contributed by atoms with E-state index in [1.165, 1.54) is 0 Å². The second-order valence-electron chi connectivity index (χ2n) is 4.98. The van der Waals surface area contributed by atoms with E-state index in [2.05, 4.69) is 5.32 Å². The Hall–Kier alpha value is -2.04. The standard InChI is InChI=1S/C15H19NO4/c1-2-20-13-7-4-10(5-8-13)14(17)16-12-6-3-11(9-12)15(18)19/h4-5,7-8,11-12H,2-3,6,9H2,1H3,(H,16,17)(H,18,19). The molecule has 0 aliphatic heterocycles. The fraction of sp³-hybridized carbons (Fsp3) is 0.467. The molecule has 2 unspecified atom stereocenters. The van der Waals surface area contributed by atoms with E-state index < -0.39 is 5.97 Å². The van der Waals surface area contributed by atoms with Gasteiger partial charge in [0.2, 0.25) is 0 Å². The minimum atomic E-state index is -0.775. The molecule has 5 heteroatoms. The van der Waals surface area contributed by atoms with Crippen molar-refractivity contribution < 1.29 is 19.4 Å². The van der Waals surface area contributed by atoms with Crippen LogP contribution in [-0.2, 0) is 4.79 Å². The van der Waals surface area contributed by atoms with Gasteiger partial charge in [-0.25, -0.2) is 0 Å². The van der Waals surface area contributed by atoms with Crippen molar-refractivity contribution in [2.24, 2.45) is 5.92 Å². The molecule has 20 heavy (non-hydrogen) atoms. The van der Waals surface area contributed by atoms with Gasteiger partial charge in [0, 0.05) is 11.6 Å². The zero-order valence-corrected chi connectivity index (χ0v) is 11.5. The molecule has 1 saturated carbocycles. The van der Waals surface area contributed by atoms with Crippen LogP contribution in [0.25, 0.3) is 0 Å². The molecule has 2 atom stereocenters. The first-order valence-electron chi connectivity index (χ1n) is 6.86. The Morgan fingerprint density at radius 3 is 2.55 bits per heavy atom. The highest BCUT2D eigenvalue weighted by Crippen LogP contribution is 2.26. The van der Waals surface area contributed by atoms with Crippen molar-refractivity contribution in [3.05, 3.63) is 29.8 Å². The molecule has 0 saturated heterocycles. The predicted molar refractivity (Wildman–Crippen MR) is 73.8 cm³/mol. The number of aliphatic carboxylic acids is 1. The Bertz CT molecular complexity index is 483. The topological polar surface area (TPSA) is 75.6 Å². The zero-order chi connectivity index (χ0) is 14.5. The summed E-state index contributed by atoms with van der Waals surface area (Å²) >= 11 is 0. The monoisotopic (exact) mass is 277 g/mol. The van der Waals surface area contributed by atoms with Gasteiger partial charge in [0.1, 0.15) is 5.75 Å². The van der Waals surface area contributed by atoms with Crippen molar-refractivity contribution in [2.75, 3.05) is 6.61 Å². The van der Waals surface area contributed by atoms with Gasteiger partial charge >= 0.3 is 5.97 Å². The summed E-state index contributed by atoms with van der Waals surface area (Å²) in [5.41, 5.74) is 0.562. The summed E-state index contributed by atoms with van der Waals surface area (Å²) in [6.45, 7) is 2.49. The normalized spacial score (nSPS) is 21.4. The first-order valence-corrected chi connectivity index (χ1v) is 6.86. The van der Waals surface area contributed by atoms with E-state index >= 15 is 0 Å². The molecule has 5 nitrogen and oxygen atoms in total. The van der Waals surface area contributed by atoms with Gasteiger partial charge < -0.3 is 15.2 Å². The molecule has 0 bridgehead atoms. The summed E-state index contributed by atoms with van der Waals surface area (Å²) < 4.78 is 5.32. The SMILES string of the molecule is CCOc1ccc(C(=O)NC2CCC(C(=O)O)C2)cc1. The van der Waals surface area contributed by atoms with Crippen LogP contribution in [0.15, 0.2) is 24.3 Å². The van der Waals surface area contributed by atoms with Crippen molar-refractivity contribution in [1.82, 2.24) is 5.32 Å². The maximum Gasteiger partial charge on any atom is 0.306 e. The van der Waals surface area contributed by atoms with Gasteiger partial charge in [0.05, 0.1) is 12.5 Å². The Morgan fingerprint density at radius 2 is 2.00 bits per heavy atom. The van der Waals surface area contributed by atoms with Crippen molar-refractivity contribution in [3.63, 3.8) is 0 Å². The third kappa shape index (κ3) is 3.50. The number of carboxylic acids is 1. The largest absolute Gasteiger partial charge is 0.494 e. The summed E-state index contributed by atoms with van der Waals surface area (Å²) in [5.74, 6) is -0.539. The van der Waals surface area contributed by atoms with Crippen LogP contribution in [0, 0.1) is 5.92 Å². The van der Waals surface area contributed by atoms with Crippen LogP contribution in [0.1, 0.15) is 36.5 Å². The van der Waals surface area contributed by atoms with Gasteiger partial charge in [0.15, 0.2) is 0 Å². The molecule has 1 aliphatic rings. The fourth-order valence-corrected chi connectivity index (χ4v) is 2.47. The summed E-state index contributed by atoms with van der Waals surface area (Å²) in [6, 6.07) is 6.89. The van der Waals surface area contributed by atoms with Gasteiger partial charge in [-0.15, -0.1) is 0 Å². The number of ether oxygens (including phenoxy) is 1. The van der Waals surface area contributed by atoms with Gasteiger partial charge in [-0.05, 0) is 50.5 Å². The number of hydrogen-bond donors (Lipinski definition) is 2. The summed E-state index contributed by atoms with van der Waals surface area (Å²) in [4.78, 5) is 22.9. The first-order chi connectivity index (χ1) is 9.60. The summed E-state index contributed by atoms with van der Waals surface area (Å²) in [5, 5.41) is 11.8. The highest BCUT2D eigenvalue weighted by molar-refractivity contribution is 5.94. The predicted octanol–water partition coefficient (Wildman–Crippen LogP) is 2.07. The number of benzene rings is 1. The van der Waals surface area contributed by atoms with E-state index in [1.54, 1.807) is 24.3 Å². The van der Waals surface area contributed by atoms with Crippen molar-refractivity contribution in [2.45, 2.75) is 32.2 Å². The van der Waals surface area contributed by atoms with Crippen LogP contribution >= 0.6 is 0 Å². The average molecular weight is 277 g/mol. The molecule has 2 rings (SSSR count). The Morgan fingerprint density at radius 1 is 1.30 bits per heavy atom. The average Bonchev–Trinajstić information content (AvgIpc) is 2.88. The number of amides is 1. The van der Waals surface area contributed by atoms with Crippen molar-refractivity contribution in [1.29, 1.82) is 0 Å². The van der Waals surface area contributed by atoms with Crippen LogP contribution in [0.2, 0.25) is 0 Å². The lowest BCUT2D eigenvalue weighted by Crippen LogP contribution is -2.33. The lowest BCUT2D eigenvalue weighted by molar-refractivity contribution is -0.141. The van der Waals surface area contributed by atoms with Crippen LogP contribution in [0.5, 0.6) is 5.75 Å². The van der Waals surface area contributed by atoms with Crippen LogP contribution in [-0.4, -0.2) is 29.6 Å². The third-order valence-corrected chi connectivity index (χ3v) is 3.54. The Labute approximate surface area is 117 Å². The molecule has 1 amide bonds. The molecule has 0 spiro atoms. The Balaban J connectivity index is 1.90. The van der Waals surface area contributed by atoms with Crippen molar-refractivity contribution in [3.8, 4) is 5.75 Å². The molecule has 108 valence electrons. The zero-order valence-electron chi connectivity index (χ0n) is 11.5. The molecular formula is C15H19NO4. The van der Waals surface area contributed by atoms with Gasteiger partial charge in [-0.1, -0.05) is 0 Å². The van der Waals surface area contributed by atoms with E-state index in [1.807, 2.05) is 6.92 Å². The summed E-state index contributed by atoms with van der Waals surface area (Å²) in [7, 11) is 0. The van der Waals surface area contributed by atoms with Crippen LogP contribution in [0.3, 0.4) is 0 Å². The fourth-order valence-electron chi connectivity index (χ4n) is 2.47. The second-order valence-corrected chi connectivity index (χ2v) is 4.98. The highest BCUT2D eigenvalue weighted by atomic mass is 16.5. The van der Waals surface area contributed by atoms with Gasteiger partial charge in [-0.2, -0.15) is 0 Å². The third-order valence-electron chi connectivity index (χ3n) is 3.54. The molecule has 1 aromatic carbocycles. The quantitative estimate of drug-likeness (QED) is 0.864. The van der Waals surface area contributed by atoms with E-state index in [0.29, 0.717) is 25.0 Å². The molecule has 0 aromatic heterocycles. The highest BCUT2D eigenvalue weighted by Gasteiger charge is 2.30. The van der Waals surface area contributed by atoms with E-state index in [9.17, 15) is 9.59 Å². The second kappa shape index (κ2) is 6.41. The number of hydrogen-bond acceptors (Lipinski definition) is 3. The van der Waals surface area contributed by atoms with Crippen LogP contribution in [0.4, 0.5) is 0 Å². The summed E-state index contributed by atoms with van der Waals surface area (Å²) in [6.07, 6.45) is 1.86. The maximum atomic E-state index is 12.0. The van der Waals surface area contributed by atoms with Gasteiger partial charge in [0.25, 0.3) is 5.91 Å². The smallest absolute Gasteiger partial charge is 0.306 e. The number of carboxylic acid groups (broad SMARTS) is 1. The number of rotatable bonds is 5.